The van der Waals surface area contributed by atoms with Crippen LogP contribution in [0.2, 0.25) is 0 Å². The number of esters is 1. The van der Waals surface area contributed by atoms with Crippen molar-refractivity contribution in [3.8, 4) is 0 Å². The molecule has 21 heavy (non-hydrogen) atoms. The van der Waals surface area contributed by atoms with E-state index in [1.807, 2.05) is 0 Å². The smallest absolute Gasteiger partial charge is 0.453 e. The molecule has 1 atom stereocenters. The lowest BCUT2D eigenvalue weighted by atomic mass is 9.97. The molecule has 7 heteroatoms. The molecule has 0 bridgehead atoms. The van der Waals surface area contributed by atoms with E-state index < -0.39 is 23.6 Å². The number of benzene rings is 1. The average molecular weight is 306 g/mol. The third-order valence-electron chi connectivity index (χ3n) is 2.63. The zero-order chi connectivity index (χ0) is 16.1. The summed E-state index contributed by atoms with van der Waals surface area (Å²) in [5.74, 6) is -5.19. The summed E-state index contributed by atoms with van der Waals surface area (Å²) in [4.78, 5) is 11.4. The number of halogens is 4. The molecule has 1 unspecified atom stereocenters. The Labute approximate surface area is 119 Å². The van der Waals surface area contributed by atoms with Gasteiger partial charge in [0.05, 0.1) is 6.61 Å². The first-order valence-corrected chi connectivity index (χ1v) is 6.01. The molecule has 0 aliphatic heterocycles. The molecular formula is C14H14F4O3. The molecule has 1 aromatic carbocycles. The molecule has 116 valence electrons. The Morgan fingerprint density at radius 2 is 1.76 bits per heavy atom. The summed E-state index contributed by atoms with van der Waals surface area (Å²) >= 11 is 0. The van der Waals surface area contributed by atoms with Crippen molar-refractivity contribution in [3.05, 3.63) is 42.0 Å². The maximum Gasteiger partial charge on any atom is 0.453 e. The molecule has 0 N–H and O–H groups in total. The SMILES string of the molecule is CCOC(=O)/C=C(\c1ccccc1)C(F)(OC)C(F)(F)F. The highest BCUT2D eigenvalue weighted by Gasteiger charge is 2.60. The molecule has 0 aliphatic carbocycles. The van der Waals surface area contributed by atoms with E-state index in [-0.39, 0.29) is 12.2 Å². The summed E-state index contributed by atoms with van der Waals surface area (Å²) in [7, 11) is 0.579. The standard InChI is InChI=1S/C14H14F4O3/c1-3-21-12(19)9-11(10-7-5-4-6-8-10)13(15,20-2)14(16,17)18/h4-9H,3H2,1-2H3/b11-9+. The lowest BCUT2D eigenvalue weighted by Crippen LogP contribution is -2.44. The monoisotopic (exact) mass is 306 g/mol. The molecule has 0 saturated carbocycles. The van der Waals surface area contributed by atoms with E-state index in [1.165, 1.54) is 31.2 Å². The van der Waals surface area contributed by atoms with Gasteiger partial charge >= 0.3 is 18.0 Å². The van der Waals surface area contributed by atoms with Gasteiger partial charge < -0.3 is 9.47 Å². The van der Waals surface area contributed by atoms with Gasteiger partial charge in [-0.1, -0.05) is 30.3 Å². The van der Waals surface area contributed by atoms with Gasteiger partial charge in [-0.25, -0.2) is 4.79 Å². The Morgan fingerprint density at radius 1 is 1.19 bits per heavy atom. The normalized spacial score (nSPS) is 15.4. The van der Waals surface area contributed by atoms with Crippen LogP contribution in [0.4, 0.5) is 17.6 Å². The first-order valence-electron chi connectivity index (χ1n) is 6.01. The van der Waals surface area contributed by atoms with Crippen LogP contribution in [0.3, 0.4) is 0 Å². The number of ether oxygens (including phenoxy) is 2. The van der Waals surface area contributed by atoms with Crippen LogP contribution >= 0.6 is 0 Å². The van der Waals surface area contributed by atoms with Gasteiger partial charge in [-0.3, -0.25) is 0 Å². The van der Waals surface area contributed by atoms with Gasteiger partial charge in [-0.15, -0.1) is 0 Å². The van der Waals surface area contributed by atoms with Gasteiger partial charge in [0.25, 0.3) is 0 Å². The van der Waals surface area contributed by atoms with Crippen molar-refractivity contribution in [2.45, 2.75) is 19.0 Å². The fraction of sp³-hybridized carbons (Fsp3) is 0.357. The average Bonchev–Trinajstić information content (AvgIpc) is 2.44. The molecule has 3 nitrogen and oxygen atoms in total. The first kappa shape index (κ1) is 17.2. The molecule has 0 amide bonds. The summed E-state index contributed by atoms with van der Waals surface area (Å²) in [6, 6.07) is 6.86. The predicted octanol–water partition coefficient (Wildman–Crippen LogP) is 3.51. The van der Waals surface area contributed by atoms with Gasteiger partial charge in [0, 0.05) is 18.8 Å². The van der Waals surface area contributed by atoms with Crippen molar-refractivity contribution in [1.29, 1.82) is 0 Å². The maximum absolute atomic E-state index is 14.4. The molecular weight excluding hydrogens is 292 g/mol. The molecule has 1 aromatic rings. The second kappa shape index (κ2) is 6.71. The second-order valence-electron chi connectivity index (χ2n) is 3.97. The van der Waals surface area contributed by atoms with E-state index in [0.717, 1.165) is 0 Å². The van der Waals surface area contributed by atoms with Crippen LogP contribution in [-0.4, -0.2) is 31.7 Å². The van der Waals surface area contributed by atoms with Gasteiger partial charge in [0.2, 0.25) is 0 Å². The van der Waals surface area contributed by atoms with Crippen molar-refractivity contribution in [1.82, 2.24) is 0 Å². The second-order valence-corrected chi connectivity index (χ2v) is 3.97. The van der Waals surface area contributed by atoms with Gasteiger partial charge in [-0.2, -0.15) is 17.6 Å². The number of carbonyl (C=O) groups is 1. The Hall–Kier alpha value is -1.89. The quantitative estimate of drug-likeness (QED) is 0.474. The van der Waals surface area contributed by atoms with Crippen LogP contribution < -0.4 is 0 Å². The highest BCUT2D eigenvalue weighted by Crippen LogP contribution is 2.44. The number of carbonyl (C=O) groups excluding carboxylic acids is 1. The summed E-state index contributed by atoms with van der Waals surface area (Å²) in [5, 5.41) is 0. The minimum absolute atomic E-state index is 0.0459. The first-order chi connectivity index (χ1) is 9.76. The van der Waals surface area contributed by atoms with E-state index in [2.05, 4.69) is 9.47 Å². The van der Waals surface area contributed by atoms with Crippen molar-refractivity contribution < 1.29 is 31.8 Å². The van der Waals surface area contributed by atoms with Crippen molar-refractivity contribution in [3.63, 3.8) is 0 Å². The zero-order valence-electron chi connectivity index (χ0n) is 11.4. The minimum atomic E-state index is -5.35. The third kappa shape index (κ3) is 3.81. The number of hydrogen-bond acceptors (Lipinski definition) is 3. The molecule has 0 saturated heterocycles. The lowest BCUT2D eigenvalue weighted by molar-refractivity contribution is -0.295. The molecule has 0 spiro atoms. The largest absolute Gasteiger partial charge is 0.463 e. The van der Waals surface area contributed by atoms with Crippen LogP contribution in [-0.2, 0) is 14.3 Å². The van der Waals surface area contributed by atoms with Crippen molar-refractivity contribution >= 4 is 11.5 Å². The van der Waals surface area contributed by atoms with Crippen LogP contribution in [0, 0.1) is 0 Å². The van der Waals surface area contributed by atoms with Gasteiger partial charge in [0.15, 0.2) is 0 Å². The minimum Gasteiger partial charge on any atom is -0.463 e. The highest BCUT2D eigenvalue weighted by atomic mass is 19.4. The van der Waals surface area contributed by atoms with E-state index in [4.69, 9.17) is 0 Å². The third-order valence-corrected chi connectivity index (χ3v) is 2.63. The van der Waals surface area contributed by atoms with Crippen molar-refractivity contribution in [2.75, 3.05) is 13.7 Å². The molecule has 1 rings (SSSR count). The number of rotatable bonds is 5. The van der Waals surface area contributed by atoms with Crippen LogP contribution in [0.5, 0.6) is 0 Å². The Balaban J connectivity index is 3.42. The number of hydrogen-bond donors (Lipinski definition) is 0. The van der Waals surface area contributed by atoms with Crippen LogP contribution in [0.15, 0.2) is 36.4 Å². The molecule has 0 aromatic heterocycles. The number of methoxy groups -OCH3 is 1. The Kier molecular flexibility index (Phi) is 5.48. The van der Waals surface area contributed by atoms with Crippen LogP contribution in [0.1, 0.15) is 12.5 Å². The molecule has 0 radical (unpaired) electrons. The fourth-order valence-electron chi connectivity index (χ4n) is 1.66. The van der Waals surface area contributed by atoms with Crippen LogP contribution in [0.25, 0.3) is 5.57 Å². The summed E-state index contributed by atoms with van der Waals surface area (Å²) in [6.45, 7) is 1.44. The Bertz CT molecular complexity index is 511. The van der Waals surface area contributed by atoms with Gasteiger partial charge in [-0.05, 0) is 12.5 Å². The van der Waals surface area contributed by atoms with Gasteiger partial charge in [0.1, 0.15) is 0 Å². The van der Waals surface area contributed by atoms with E-state index in [1.54, 1.807) is 6.07 Å². The van der Waals surface area contributed by atoms with Crippen molar-refractivity contribution in [2.24, 2.45) is 0 Å². The Morgan fingerprint density at radius 3 is 2.19 bits per heavy atom. The fourth-order valence-corrected chi connectivity index (χ4v) is 1.66. The maximum atomic E-state index is 14.4. The highest BCUT2D eigenvalue weighted by molar-refractivity contribution is 5.93. The van der Waals surface area contributed by atoms with E-state index in [0.29, 0.717) is 13.2 Å². The summed E-state index contributed by atoms with van der Waals surface area (Å²) < 4.78 is 61.9. The van der Waals surface area contributed by atoms with E-state index in [9.17, 15) is 22.4 Å². The molecule has 0 aliphatic rings. The zero-order valence-corrected chi connectivity index (χ0v) is 11.4. The lowest BCUT2D eigenvalue weighted by Gasteiger charge is -2.28. The summed E-state index contributed by atoms with van der Waals surface area (Å²) in [5.41, 5.74) is -1.09. The molecule has 0 heterocycles. The number of alkyl halides is 4. The van der Waals surface area contributed by atoms with E-state index >= 15 is 0 Å². The summed E-state index contributed by atoms with van der Waals surface area (Å²) in [6.07, 6.45) is -4.90. The predicted molar refractivity (Wildman–Crippen MR) is 68.0 cm³/mol. The molecule has 0 fully saturated rings. The topological polar surface area (TPSA) is 35.5 Å².